The van der Waals surface area contributed by atoms with Gasteiger partial charge in [0.25, 0.3) is 0 Å². The molecular formula is C20H23N5O5S2. The third-order valence-electron chi connectivity index (χ3n) is 4.67. The molecule has 12 heteroatoms. The molecule has 0 spiro atoms. The summed E-state index contributed by atoms with van der Waals surface area (Å²) >= 11 is 1.11. The van der Waals surface area contributed by atoms with Crippen molar-refractivity contribution in [2.24, 2.45) is 0 Å². The molecule has 0 bridgehead atoms. The van der Waals surface area contributed by atoms with Crippen LogP contribution >= 0.6 is 11.8 Å². The van der Waals surface area contributed by atoms with Gasteiger partial charge in [-0.15, -0.1) is 0 Å². The number of nitriles is 1. The molecule has 32 heavy (non-hydrogen) atoms. The van der Waals surface area contributed by atoms with Crippen LogP contribution in [0.2, 0.25) is 0 Å². The number of methoxy groups -OCH3 is 1. The zero-order chi connectivity index (χ0) is 23.3. The van der Waals surface area contributed by atoms with E-state index in [1.165, 1.54) is 29.6 Å². The Labute approximate surface area is 191 Å². The van der Waals surface area contributed by atoms with Crippen molar-refractivity contribution in [2.75, 3.05) is 44.5 Å². The molecule has 1 aliphatic rings. The van der Waals surface area contributed by atoms with Crippen molar-refractivity contribution >= 4 is 33.4 Å². The Hall–Kier alpha value is -2.72. The Morgan fingerprint density at radius 3 is 2.69 bits per heavy atom. The predicted molar refractivity (Wildman–Crippen MR) is 118 cm³/mol. The van der Waals surface area contributed by atoms with Crippen LogP contribution in [0.15, 0.2) is 28.1 Å². The van der Waals surface area contributed by atoms with Crippen molar-refractivity contribution in [1.29, 1.82) is 5.26 Å². The highest BCUT2D eigenvalue weighted by Gasteiger charge is 2.27. The van der Waals surface area contributed by atoms with Gasteiger partial charge in [-0.05, 0) is 32.0 Å². The maximum absolute atomic E-state index is 12.9. The number of carbonyl (C=O) groups is 1. The molecule has 10 nitrogen and oxygen atoms in total. The normalized spacial score (nSPS) is 14.6. The summed E-state index contributed by atoms with van der Waals surface area (Å²) in [7, 11) is -2.30. The molecule has 3 rings (SSSR count). The van der Waals surface area contributed by atoms with Crippen molar-refractivity contribution in [3.63, 3.8) is 0 Å². The van der Waals surface area contributed by atoms with E-state index in [2.05, 4.69) is 21.4 Å². The average Bonchev–Trinajstić information content (AvgIpc) is 2.78. The van der Waals surface area contributed by atoms with Gasteiger partial charge in [0.05, 0.1) is 42.4 Å². The van der Waals surface area contributed by atoms with Crippen molar-refractivity contribution < 1.29 is 22.7 Å². The monoisotopic (exact) mass is 477 g/mol. The molecule has 0 atom stereocenters. The van der Waals surface area contributed by atoms with Crippen LogP contribution in [0.3, 0.4) is 0 Å². The lowest BCUT2D eigenvalue weighted by Crippen LogP contribution is -2.40. The quantitative estimate of drug-likeness (QED) is 0.467. The van der Waals surface area contributed by atoms with Crippen LogP contribution in [-0.2, 0) is 19.6 Å². The highest BCUT2D eigenvalue weighted by atomic mass is 32.2. The molecule has 1 amide bonds. The number of nitrogens with one attached hydrogen (secondary N) is 1. The Balaban J connectivity index is 1.77. The number of morpholine rings is 1. The van der Waals surface area contributed by atoms with Gasteiger partial charge < -0.3 is 14.8 Å². The number of amides is 1. The lowest BCUT2D eigenvalue weighted by molar-refractivity contribution is -0.113. The second-order valence-corrected chi connectivity index (χ2v) is 9.77. The average molecular weight is 478 g/mol. The number of hydrogen-bond donors (Lipinski definition) is 1. The molecule has 1 aromatic heterocycles. The molecule has 170 valence electrons. The number of aromatic nitrogens is 2. The molecule has 0 unspecified atom stereocenters. The lowest BCUT2D eigenvalue weighted by atomic mass is 10.3. The van der Waals surface area contributed by atoms with Crippen LogP contribution in [0.25, 0.3) is 0 Å². The van der Waals surface area contributed by atoms with E-state index in [1.54, 1.807) is 13.8 Å². The fourth-order valence-corrected chi connectivity index (χ4v) is 5.42. The van der Waals surface area contributed by atoms with Gasteiger partial charge in [0.2, 0.25) is 15.9 Å². The first-order valence-corrected chi connectivity index (χ1v) is 12.1. The number of thioether (sulfide) groups is 1. The van der Waals surface area contributed by atoms with E-state index in [4.69, 9.17) is 9.47 Å². The second kappa shape index (κ2) is 10.3. The van der Waals surface area contributed by atoms with Gasteiger partial charge in [0.15, 0.2) is 0 Å². The van der Waals surface area contributed by atoms with E-state index >= 15 is 0 Å². The number of benzene rings is 1. The van der Waals surface area contributed by atoms with Gasteiger partial charge in [-0.3, -0.25) is 4.79 Å². The van der Waals surface area contributed by atoms with Gasteiger partial charge in [0, 0.05) is 13.1 Å². The zero-order valence-corrected chi connectivity index (χ0v) is 19.5. The van der Waals surface area contributed by atoms with Crippen LogP contribution in [0, 0.1) is 25.2 Å². The molecule has 1 aromatic carbocycles. The Morgan fingerprint density at radius 1 is 1.31 bits per heavy atom. The van der Waals surface area contributed by atoms with E-state index in [1.807, 2.05) is 0 Å². The Kier molecular flexibility index (Phi) is 7.68. The number of anilines is 1. The van der Waals surface area contributed by atoms with Crippen LogP contribution in [0.5, 0.6) is 5.75 Å². The van der Waals surface area contributed by atoms with Crippen LogP contribution in [0.4, 0.5) is 5.69 Å². The molecule has 2 aromatic rings. The first-order chi connectivity index (χ1) is 15.3. The summed E-state index contributed by atoms with van der Waals surface area (Å²) < 4.78 is 37.7. The largest absolute Gasteiger partial charge is 0.495 e. The molecular weight excluding hydrogens is 454 g/mol. The number of hydrogen-bond acceptors (Lipinski definition) is 9. The van der Waals surface area contributed by atoms with Gasteiger partial charge in [-0.2, -0.15) is 9.57 Å². The Morgan fingerprint density at radius 2 is 2.03 bits per heavy atom. The number of nitrogens with zero attached hydrogens (tertiary/aromatic N) is 4. The molecule has 1 fully saturated rings. The smallest absolute Gasteiger partial charge is 0.243 e. The van der Waals surface area contributed by atoms with Crippen LogP contribution in [0.1, 0.15) is 17.1 Å². The molecule has 1 saturated heterocycles. The molecule has 1 aliphatic heterocycles. The number of aryl methyl sites for hydroxylation is 2. The third-order valence-corrected chi connectivity index (χ3v) is 7.54. The highest BCUT2D eigenvalue weighted by molar-refractivity contribution is 8.00. The minimum absolute atomic E-state index is 0.0336. The molecule has 0 aliphatic carbocycles. The third kappa shape index (κ3) is 5.36. The van der Waals surface area contributed by atoms with Gasteiger partial charge in [-0.1, -0.05) is 11.8 Å². The first-order valence-electron chi connectivity index (χ1n) is 9.70. The lowest BCUT2D eigenvalue weighted by Gasteiger charge is -2.26. The number of ether oxygens (including phenoxy) is 2. The molecule has 0 saturated carbocycles. The predicted octanol–water partition coefficient (Wildman–Crippen LogP) is 1.73. The van der Waals surface area contributed by atoms with Crippen molar-refractivity contribution in [3.05, 3.63) is 35.3 Å². The number of rotatable bonds is 7. The molecule has 0 radical (unpaired) electrons. The fraction of sp³-hybridized carbons (Fsp3) is 0.400. The summed E-state index contributed by atoms with van der Waals surface area (Å²) in [5.41, 5.74) is 1.11. The number of carbonyl (C=O) groups excluding carboxylic acids is 1. The number of sulfonamides is 1. The topological polar surface area (TPSA) is 135 Å². The molecule has 1 N–H and O–H groups in total. The van der Waals surface area contributed by atoms with Gasteiger partial charge >= 0.3 is 0 Å². The Bertz CT molecular complexity index is 1160. The summed E-state index contributed by atoms with van der Waals surface area (Å²) in [6.45, 7) is 4.63. The van der Waals surface area contributed by atoms with Gasteiger partial charge in [0.1, 0.15) is 28.2 Å². The maximum Gasteiger partial charge on any atom is 0.243 e. The van der Waals surface area contributed by atoms with E-state index in [-0.39, 0.29) is 29.4 Å². The zero-order valence-electron chi connectivity index (χ0n) is 17.9. The van der Waals surface area contributed by atoms with Crippen molar-refractivity contribution in [2.45, 2.75) is 23.8 Å². The van der Waals surface area contributed by atoms with Crippen molar-refractivity contribution in [3.8, 4) is 11.8 Å². The van der Waals surface area contributed by atoms with E-state index in [0.29, 0.717) is 41.1 Å². The first kappa shape index (κ1) is 23.9. The molecule has 2 heterocycles. The summed E-state index contributed by atoms with van der Waals surface area (Å²) in [5, 5.41) is 12.5. The summed E-state index contributed by atoms with van der Waals surface area (Å²) in [6.07, 6.45) is 0. The van der Waals surface area contributed by atoms with E-state index < -0.39 is 15.9 Å². The summed E-state index contributed by atoms with van der Waals surface area (Å²) in [5.74, 6) is 0.406. The summed E-state index contributed by atoms with van der Waals surface area (Å²) in [4.78, 5) is 21.1. The van der Waals surface area contributed by atoms with E-state index in [0.717, 1.165) is 11.8 Å². The highest BCUT2D eigenvalue weighted by Crippen LogP contribution is 2.30. The van der Waals surface area contributed by atoms with Crippen LogP contribution in [-0.4, -0.2) is 67.8 Å². The van der Waals surface area contributed by atoms with Gasteiger partial charge in [-0.25, -0.2) is 18.4 Å². The van der Waals surface area contributed by atoms with Crippen LogP contribution < -0.4 is 10.1 Å². The van der Waals surface area contributed by atoms with E-state index in [9.17, 15) is 18.5 Å². The minimum atomic E-state index is -3.73. The second-order valence-electron chi connectivity index (χ2n) is 6.86. The minimum Gasteiger partial charge on any atom is -0.495 e. The summed E-state index contributed by atoms with van der Waals surface area (Å²) in [6, 6.07) is 6.39. The van der Waals surface area contributed by atoms with Crippen molar-refractivity contribution in [1.82, 2.24) is 14.3 Å². The SMILES string of the molecule is COc1ccc(S(=O)(=O)N2CCOCC2)cc1NC(=O)CSc1nc(C)nc(C)c1C#N. The standard InChI is InChI=1S/C20H23N5O5S2/c1-13-16(11-21)20(23-14(2)22-13)31-12-19(26)24-17-10-15(4-5-18(17)29-3)32(27,28)25-6-8-30-9-7-25/h4-5,10H,6-9,12H2,1-3H3,(H,24,26). The fourth-order valence-electron chi connectivity index (χ4n) is 3.12. The maximum atomic E-state index is 12.9.